The van der Waals surface area contributed by atoms with Crippen molar-refractivity contribution in [3.8, 4) is 0 Å². The predicted molar refractivity (Wildman–Crippen MR) is 75.3 cm³/mol. The Labute approximate surface area is 105 Å². The Morgan fingerprint density at radius 3 is 2.75 bits per heavy atom. The predicted octanol–water partition coefficient (Wildman–Crippen LogP) is 3.82. The first-order valence-electron chi connectivity index (χ1n) is 6.58. The van der Waals surface area contributed by atoms with Gasteiger partial charge < -0.3 is 5.32 Å². The van der Waals surface area contributed by atoms with Crippen molar-refractivity contribution in [2.75, 3.05) is 5.75 Å². The Morgan fingerprint density at radius 1 is 1.44 bits per heavy atom. The van der Waals surface area contributed by atoms with Crippen molar-refractivity contribution in [3.05, 3.63) is 0 Å². The highest BCUT2D eigenvalue weighted by molar-refractivity contribution is 8.14. The summed E-state index contributed by atoms with van der Waals surface area (Å²) in [6.07, 6.45) is 6.34. The Hall–Kier alpha value is -0.180. The van der Waals surface area contributed by atoms with Crippen molar-refractivity contribution >= 4 is 16.9 Å². The first-order valence-corrected chi connectivity index (χ1v) is 7.57. The minimum absolute atomic E-state index is 0.270. The molecule has 1 aliphatic heterocycles. The Bertz CT molecular complexity index is 240. The highest BCUT2D eigenvalue weighted by Gasteiger charge is 2.30. The summed E-state index contributed by atoms with van der Waals surface area (Å²) >= 11 is 1.88. The number of rotatable bonds is 6. The van der Waals surface area contributed by atoms with E-state index in [0.717, 1.165) is 10.9 Å². The molecule has 1 fully saturated rings. The largest absolute Gasteiger partial charge is 0.359 e. The van der Waals surface area contributed by atoms with E-state index in [2.05, 4.69) is 33.0 Å². The van der Waals surface area contributed by atoms with Crippen LogP contribution in [0.15, 0.2) is 4.99 Å². The van der Waals surface area contributed by atoms with E-state index in [4.69, 9.17) is 4.99 Å². The van der Waals surface area contributed by atoms with Gasteiger partial charge in [-0.3, -0.25) is 4.99 Å². The number of thioether (sulfide) groups is 1. The highest BCUT2D eigenvalue weighted by atomic mass is 32.2. The average Bonchev–Trinajstić information content (AvgIpc) is 2.61. The summed E-state index contributed by atoms with van der Waals surface area (Å²) in [6.45, 7) is 9.00. The van der Waals surface area contributed by atoms with Gasteiger partial charge in [0.25, 0.3) is 0 Å². The van der Waals surface area contributed by atoms with Crippen LogP contribution in [0.1, 0.15) is 59.8 Å². The number of hydrogen-bond donors (Lipinski definition) is 1. The average molecular weight is 242 g/mol. The van der Waals surface area contributed by atoms with E-state index in [-0.39, 0.29) is 5.54 Å². The Balaban J connectivity index is 2.34. The maximum absolute atomic E-state index is 4.76. The summed E-state index contributed by atoms with van der Waals surface area (Å²) in [7, 11) is 0. The molecule has 0 amide bonds. The van der Waals surface area contributed by atoms with Crippen LogP contribution in [0.4, 0.5) is 0 Å². The van der Waals surface area contributed by atoms with Gasteiger partial charge in [0.15, 0.2) is 5.17 Å². The van der Waals surface area contributed by atoms with E-state index in [1.54, 1.807) is 0 Å². The molecule has 2 unspecified atom stereocenters. The quantitative estimate of drug-likeness (QED) is 0.716. The summed E-state index contributed by atoms with van der Waals surface area (Å²) in [5, 5.41) is 4.71. The number of unbranched alkanes of at least 4 members (excludes halogenated alkanes) is 2. The van der Waals surface area contributed by atoms with Gasteiger partial charge in [-0.1, -0.05) is 44.9 Å². The lowest BCUT2D eigenvalue weighted by Gasteiger charge is -2.21. The van der Waals surface area contributed by atoms with Crippen LogP contribution in [0.25, 0.3) is 0 Å². The Morgan fingerprint density at radius 2 is 2.19 bits per heavy atom. The van der Waals surface area contributed by atoms with Gasteiger partial charge in [0, 0.05) is 17.3 Å². The second kappa shape index (κ2) is 6.53. The van der Waals surface area contributed by atoms with Crippen molar-refractivity contribution in [3.63, 3.8) is 0 Å². The van der Waals surface area contributed by atoms with E-state index in [0.29, 0.717) is 6.04 Å². The Kier molecular flexibility index (Phi) is 5.67. The lowest BCUT2D eigenvalue weighted by atomic mass is 10.0. The van der Waals surface area contributed by atoms with Crippen molar-refractivity contribution in [1.82, 2.24) is 5.32 Å². The summed E-state index contributed by atoms with van der Waals surface area (Å²) < 4.78 is 0. The molecule has 1 heterocycles. The smallest absolute Gasteiger partial charge is 0.157 e. The molecule has 1 saturated heterocycles. The molecule has 94 valence electrons. The molecule has 0 bridgehead atoms. The molecule has 2 nitrogen and oxygen atoms in total. The molecule has 0 aromatic heterocycles. The molecule has 2 atom stereocenters. The van der Waals surface area contributed by atoms with Gasteiger partial charge in [-0.05, 0) is 26.7 Å². The van der Waals surface area contributed by atoms with Crippen LogP contribution >= 0.6 is 11.8 Å². The summed E-state index contributed by atoms with van der Waals surface area (Å²) in [5.74, 6) is 1.16. The standard InChI is InChI=1S/C13H26N2S/c1-5-7-8-9-11(3)14-12-15-13(4,6-2)10-16-12/h11H,5-10H2,1-4H3,(H,14,15). The van der Waals surface area contributed by atoms with Crippen molar-refractivity contribution in [1.29, 1.82) is 0 Å². The lowest BCUT2D eigenvalue weighted by Crippen LogP contribution is -2.39. The van der Waals surface area contributed by atoms with Gasteiger partial charge >= 0.3 is 0 Å². The van der Waals surface area contributed by atoms with Gasteiger partial charge in [-0.25, -0.2) is 0 Å². The molecule has 1 N–H and O–H groups in total. The molecule has 0 aromatic carbocycles. The fourth-order valence-corrected chi connectivity index (χ4v) is 3.08. The molecule has 3 heteroatoms. The molecular formula is C13H26N2S. The monoisotopic (exact) mass is 242 g/mol. The minimum Gasteiger partial charge on any atom is -0.359 e. The van der Waals surface area contributed by atoms with Crippen LogP contribution < -0.4 is 5.32 Å². The summed E-state index contributed by atoms with van der Waals surface area (Å²) in [4.78, 5) is 4.76. The van der Waals surface area contributed by atoms with Gasteiger partial charge in [-0.2, -0.15) is 0 Å². The second-order valence-electron chi connectivity index (χ2n) is 5.11. The van der Waals surface area contributed by atoms with Crippen LogP contribution in [-0.2, 0) is 0 Å². The number of amidine groups is 1. The fraction of sp³-hybridized carbons (Fsp3) is 0.923. The van der Waals surface area contributed by atoms with E-state index < -0.39 is 0 Å². The van der Waals surface area contributed by atoms with Crippen LogP contribution in [0.3, 0.4) is 0 Å². The maximum Gasteiger partial charge on any atom is 0.157 e. The van der Waals surface area contributed by atoms with Crippen LogP contribution in [0, 0.1) is 0 Å². The molecule has 1 aliphatic rings. The molecular weight excluding hydrogens is 216 g/mol. The topological polar surface area (TPSA) is 24.4 Å². The lowest BCUT2D eigenvalue weighted by molar-refractivity contribution is 0.465. The molecule has 0 aliphatic carbocycles. The van der Waals surface area contributed by atoms with Crippen LogP contribution in [0.5, 0.6) is 0 Å². The van der Waals surface area contributed by atoms with Crippen molar-refractivity contribution < 1.29 is 0 Å². The third-order valence-electron chi connectivity index (χ3n) is 3.28. The van der Waals surface area contributed by atoms with Crippen LogP contribution in [-0.4, -0.2) is 22.5 Å². The number of nitrogens with zero attached hydrogens (tertiary/aromatic N) is 1. The molecule has 0 spiro atoms. The summed E-state index contributed by atoms with van der Waals surface area (Å²) in [5.41, 5.74) is 0.270. The minimum atomic E-state index is 0.270. The van der Waals surface area contributed by atoms with E-state index in [9.17, 15) is 0 Å². The van der Waals surface area contributed by atoms with Gasteiger partial charge in [0.2, 0.25) is 0 Å². The molecule has 1 rings (SSSR count). The molecule has 0 saturated carbocycles. The molecule has 0 radical (unpaired) electrons. The fourth-order valence-electron chi connectivity index (χ4n) is 1.77. The number of nitrogens with one attached hydrogen (secondary N) is 1. The summed E-state index contributed by atoms with van der Waals surface area (Å²) in [6, 6.07) is 0.473. The zero-order chi connectivity index (χ0) is 12.0. The van der Waals surface area contributed by atoms with Crippen LogP contribution in [0.2, 0.25) is 0 Å². The number of aliphatic imine (C=N–C) groups is 1. The zero-order valence-electron chi connectivity index (χ0n) is 11.2. The first kappa shape index (κ1) is 13.9. The molecule has 0 aromatic rings. The van der Waals surface area contributed by atoms with E-state index in [1.165, 1.54) is 32.1 Å². The number of hydrogen-bond acceptors (Lipinski definition) is 2. The van der Waals surface area contributed by atoms with Gasteiger partial charge in [0.05, 0.1) is 0 Å². The van der Waals surface area contributed by atoms with Crippen molar-refractivity contribution in [2.45, 2.75) is 71.4 Å². The zero-order valence-corrected chi connectivity index (χ0v) is 12.0. The van der Waals surface area contributed by atoms with Gasteiger partial charge in [0.1, 0.15) is 0 Å². The normalized spacial score (nSPS) is 29.4. The second-order valence-corrected chi connectivity index (χ2v) is 6.07. The third-order valence-corrected chi connectivity index (χ3v) is 4.54. The third kappa shape index (κ3) is 4.36. The van der Waals surface area contributed by atoms with Gasteiger partial charge in [-0.15, -0.1) is 0 Å². The first-order chi connectivity index (χ1) is 7.59. The maximum atomic E-state index is 4.76. The SMILES string of the molecule is CCCCCC(C)N=C1NC(C)(CC)CS1. The van der Waals surface area contributed by atoms with E-state index >= 15 is 0 Å². The molecule has 16 heavy (non-hydrogen) atoms. The highest BCUT2D eigenvalue weighted by Crippen LogP contribution is 2.26. The van der Waals surface area contributed by atoms with Crippen molar-refractivity contribution in [2.24, 2.45) is 4.99 Å². The van der Waals surface area contributed by atoms with E-state index in [1.807, 2.05) is 11.8 Å².